The third-order valence-electron chi connectivity index (χ3n) is 2.06. The van der Waals surface area contributed by atoms with Crippen LogP contribution in [0.15, 0.2) is 12.4 Å². The van der Waals surface area contributed by atoms with Crippen molar-refractivity contribution >= 4 is 11.3 Å². The predicted octanol–water partition coefficient (Wildman–Crippen LogP) is 2.24. The number of hydrogen-bond donors (Lipinski definition) is 1. The van der Waals surface area contributed by atoms with Crippen molar-refractivity contribution < 1.29 is 13.2 Å². The number of nitrogens with zero attached hydrogens (tertiary/aromatic N) is 3. The van der Waals surface area contributed by atoms with Gasteiger partial charge in [-0.25, -0.2) is 15.0 Å². The average Bonchev–Trinajstić information content (AvgIpc) is 2.57. The Morgan fingerprint density at radius 2 is 1.94 bits per heavy atom. The lowest BCUT2D eigenvalue weighted by Crippen LogP contribution is -2.07. The third kappa shape index (κ3) is 2.68. The fourth-order valence-corrected chi connectivity index (χ4v) is 1.37. The fraction of sp³-hybridized carbons (Fsp3) is 0.444. The lowest BCUT2D eigenvalue weighted by Gasteiger charge is -2.03. The molecule has 2 heterocycles. The first-order chi connectivity index (χ1) is 7.54. The molecule has 0 amide bonds. The number of halogens is 3. The van der Waals surface area contributed by atoms with Crippen LogP contribution in [0.25, 0.3) is 11.3 Å². The van der Waals surface area contributed by atoms with E-state index in [0.717, 1.165) is 0 Å². The Morgan fingerprint density at radius 1 is 1.19 bits per heavy atom. The van der Waals surface area contributed by atoms with Crippen molar-refractivity contribution in [3.8, 4) is 0 Å². The molecular weight excluding hydrogens is 221 g/mol. The molecule has 0 saturated carbocycles. The molecule has 7 heteroatoms. The summed E-state index contributed by atoms with van der Waals surface area (Å²) in [5, 5.41) is 0. The van der Waals surface area contributed by atoms with Crippen LogP contribution in [0.5, 0.6) is 0 Å². The van der Waals surface area contributed by atoms with Crippen LogP contribution in [0.3, 0.4) is 0 Å². The van der Waals surface area contributed by atoms with Crippen LogP contribution in [0.1, 0.15) is 18.7 Å². The van der Waals surface area contributed by atoms with Gasteiger partial charge in [-0.1, -0.05) is 0 Å². The molecule has 2 aromatic rings. The Labute approximate surface area is 88.9 Å². The number of aromatic nitrogens is 4. The summed E-state index contributed by atoms with van der Waals surface area (Å²) in [4.78, 5) is 14.8. The molecule has 0 aliphatic rings. The second kappa shape index (κ2) is 4.07. The Bertz CT molecular complexity index is 444. The minimum Gasteiger partial charge on any atom is -0.325 e. The maximum absolute atomic E-state index is 11.9. The van der Waals surface area contributed by atoms with Crippen molar-refractivity contribution in [3.63, 3.8) is 0 Å². The normalized spacial score (nSPS) is 12.2. The van der Waals surface area contributed by atoms with Crippen molar-refractivity contribution in [1.82, 2.24) is 19.9 Å². The van der Waals surface area contributed by atoms with Gasteiger partial charge in [0.15, 0.2) is 11.3 Å². The molecule has 0 fully saturated rings. The van der Waals surface area contributed by atoms with Gasteiger partial charge < -0.3 is 4.98 Å². The molecule has 0 spiro atoms. The largest absolute Gasteiger partial charge is 0.389 e. The number of fused-ring (bicyclic) bond motifs is 1. The highest BCUT2D eigenvalue weighted by Gasteiger charge is 2.26. The maximum atomic E-state index is 11.9. The first kappa shape index (κ1) is 10.8. The van der Waals surface area contributed by atoms with Gasteiger partial charge in [0.25, 0.3) is 0 Å². The Kier molecular flexibility index (Phi) is 2.76. The highest BCUT2D eigenvalue weighted by atomic mass is 19.4. The van der Waals surface area contributed by atoms with Crippen LogP contribution in [-0.2, 0) is 6.42 Å². The summed E-state index contributed by atoms with van der Waals surface area (Å²) in [7, 11) is 0. The summed E-state index contributed by atoms with van der Waals surface area (Å²) < 4.78 is 35.7. The van der Waals surface area contributed by atoms with Crippen molar-refractivity contribution in [2.45, 2.75) is 25.4 Å². The molecule has 2 aromatic heterocycles. The summed E-state index contributed by atoms with van der Waals surface area (Å²) in [5.74, 6) is 0.491. The van der Waals surface area contributed by atoms with E-state index < -0.39 is 12.6 Å². The molecule has 2 rings (SSSR count). The van der Waals surface area contributed by atoms with Crippen LogP contribution < -0.4 is 0 Å². The maximum Gasteiger partial charge on any atom is 0.389 e. The molecular formula is C9H9F3N4. The molecule has 0 bridgehead atoms. The molecule has 0 radical (unpaired) electrons. The number of alkyl halides is 3. The zero-order valence-electron chi connectivity index (χ0n) is 8.25. The minimum atomic E-state index is -4.11. The number of hydrogen-bond acceptors (Lipinski definition) is 3. The zero-order chi connectivity index (χ0) is 11.6. The van der Waals surface area contributed by atoms with E-state index in [1.54, 1.807) is 0 Å². The van der Waals surface area contributed by atoms with Crippen molar-refractivity contribution in [2.24, 2.45) is 0 Å². The van der Waals surface area contributed by atoms with Gasteiger partial charge in [0.05, 0.1) is 0 Å². The van der Waals surface area contributed by atoms with Crippen molar-refractivity contribution in [3.05, 3.63) is 18.2 Å². The van der Waals surface area contributed by atoms with E-state index in [2.05, 4.69) is 19.9 Å². The third-order valence-corrected chi connectivity index (χ3v) is 2.06. The first-order valence-corrected chi connectivity index (χ1v) is 4.77. The molecule has 4 nitrogen and oxygen atoms in total. The van der Waals surface area contributed by atoms with E-state index in [4.69, 9.17) is 0 Å². The smallest absolute Gasteiger partial charge is 0.325 e. The van der Waals surface area contributed by atoms with Crippen LogP contribution in [0.2, 0.25) is 0 Å². The highest BCUT2D eigenvalue weighted by Crippen LogP contribution is 2.22. The van der Waals surface area contributed by atoms with Gasteiger partial charge in [-0.15, -0.1) is 0 Å². The summed E-state index contributed by atoms with van der Waals surface area (Å²) in [5.41, 5.74) is 0.939. The molecule has 0 aliphatic carbocycles. The molecule has 86 valence electrons. The van der Waals surface area contributed by atoms with Gasteiger partial charge in [-0.2, -0.15) is 13.2 Å². The average molecular weight is 230 g/mol. The van der Waals surface area contributed by atoms with Crippen molar-refractivity contribution in [2.75, 3.05) is 0 Å². The highest BCUT2D eigenvalue weighted by molar-refractivity contribution is 5.64. The van der Waals surface area contributed by atoms with Gasteiger partial charge in [0, 0.05) is 25.2 Å². The number of aromatic amines is 1. The fourth-order valence-electron chi connectivity index (χ4n) is 1.37. The monoisotopic (exact) mass is 230 g/mol. The number of aryl methyl sites for hydroxylation is 1. The van der Waals surface area contributed by atoms with Crippen molar-refractivity contribution in [1.29, 1.82) is 0 Å². The molecule has 0 unspecified atom stereocenters. The van der Waals surface area contributed by atoms with E-state index in [1.807, 2.05) is 0 Å². The predicted molar refractivity (Wildman–Crippen MR) is 50.7 cm³/mol. The van der Waals surface area contributed by atoms with Gasteiger partial charge in [-0.05, 0) is 6.42 Å². The lowest BCUT2D eigenvalue weighted by atomic mass is 10.2. The van der Waals surface area contributed by atoms with Gasteiger partial charge in [-0.3, -0.25) is 0 Å². The first-order valence-electron chi connectivity index (χ1n) is 4.77. The summed E-state index contributed by atoms with van der Waals surface area (Å²) in [6.07, 6.45) is -1.66. The minimum absolute atomic E-state index is 0.0172. The standard InChI is InChI=1S/C9H9F3N4/c10-9(11,12)3-1-2-6-15-7-8(16-6)14-5-4-13-7/h4-5H,1-3H2,(H,13,14,15,16). The lowest BCUT2D eigenvalue weighted by molar-refractivity contribution is -0.135. The quantitative estimate of drug-likeness (QED) is 0.879. The number of nitrogens with one attached hydrogen (secondary N) is 1. The summed E-state index contributed by atoms with van der Waals surface area (Å²) in [6.45, 7) is 0. The van der Waals surface area contributed by atoms with Gasteiger partial charge >= 0.3 is 6.18 Å². The second-order valence-electron chi connectivity index (χ2n) is 3.38. The Hall–Kier alpha value is -1.66. The van der Waals surface area contributed by atoms with Gasteiger partial charge in [0.1, 0.15) is 5.82 Å². The number of rotatable bonds is 3. The van der Waals surface area contributed by atoms with E-state index in [9.17, 15) is 13.2 Å². The Balaban J connectivity index is 2.00. The van der Waals surface area contributed by atoms with Crippen LogP contribution in [-0.4, -0.2) is 26.1 Å². The van der Waals surface area contributed by atoms with E-state index in [-0.39, 0.29) is 12.8 Å². The summed E-state index contributed by atoms with van der Waals surface area (Å²) in [6, 6.07) is 0. The van der Waals surface area contributed by atoms with E-state index >= 15 is 0 Å². The summed E-state index contributed by atoms with van der Waals surface area (Å²) >= 11 is 0. The zero-order valence-corrected chi connectivity index (χ0v) is 8.25. The topological polar surface area (TPSA) is 54.5 Å². The SMILES string of the molecule is FC(F)(F)CCCc1nc2nccnc2[nH]1. The van der Waals surface area contributed by atoms with Crippen LogP contribution >= 0.6 is 0 Å². The van der Waals surface area contributed by atoms with Crippen LogP contribution in [0, 0.1) is 0 Å². The van der Waals surface area contributed by atoms with E-state index in [1.165, 1.54) is 12.4 Å². The van der Waals surface area contributed by atoms with Gasteiger partial charge in [0.2, 0.25) is 0 Å². The Morgan fingerprint density at radius 3 is 2.62 bits per heavy atom. The number of imidazole rings is 1. The number of H-pyrrole nitrogens is 1. The molecule has 0 saturated heterocycles. The second-order valence-corrected chi connectivity index (χ2v) is 3.38. The molecule has 1 N–H and O–H groups in total. The van der Waals surface area contributed by atoms with Crippen LogP contribution in [0.4, 0.5) is 13.2 Å². The molecule has 0 aliphatic heterocycles. The van der Waals surface area contributed by atoms with E-state index in [0.29, 0.717) is 17.1 Å². The molecule has 0 atom stereocenters. The molecule has 16 heavy (non-hydrogen) atoms. The molecule has 0 aromatic carbocycles.